The number of carboxylic acids is 1. The molecule has 0 aliphatic heterocycles. The fraction of sp³-hybridized carbons (Fsp3) is 0.214. The summed E-state index contributed by atoms with van der Waals surface area (Å²) >= 11 is 0. The molecule has 0 bridgehead atoms. The van der Waals surface area contributed by atoms with E-state index < -0.39 is 5.97 Å². The molecule has 5 nitrogen and oxygen atoms in total. The molecule has 0 spiro atoms. The van der Waals surface area contributed by atoms with Crippen LogP contribution in [0, 0.1) is 13.8 Å². The first-order valence-electron chi connectivity index (χ1n) is 5.93. The Morgan fingerprint density at radius 2 is 1.89 bits per heavy atom. The van der Waals surface area contributed by atoms with Gasteiger partial charge in [0.15, 0.2) is 0 Å². The average Bonchev–Trinajstić information content (AvgIpc) is 2.36. The van der Waals surface area contributed by atoms with E-state index in [2.05, 4.69) is 15.3 Å². The Labute approximate surface area is 111 Å². The Bertz CT molecular complexity index is 594. The van der Waals surface area contributed by atoms with Crippen LogP contribution in [-0.2, 0) is 4.79 Å². The predicted molar refractivity (Wildman–Crippen MR) is 73.1 cm³/mol. The van der Waals surface area contributed by atoms with Crippen LogP contribution in [0.3, 0.4) is 0 Å². The number of aliphatic carboxylic acids is 1. The van der Waals surface area contributed by atoms with Gasteiger partial charge in [0.1, 0.15) is 18.2 Å². The number of nitrogens with one attached hydrogen (secondary N) is 1. The van der Waals surface area contributed by atoms with Gasteiger partial charge in [0.05, 0.1) is 5.69 Å². The Morgan fingerprint density at radius 3 is 2.53 bits per heavy atom. The van der Waals surface area contributed by atoms with Crippen molar-refractivity contribution in [3.05, 3.63) is 41.7 Å². The molecule has 0 saturated carbocycles. The number of benzene rings is 1. The van der Waals surface area contributed by atoms with Gasteiger partial charge in [-0.3, -0.25) is 4.79 Å². The third kappa shape index (κ3) is 3.51. The largest absolute Gasteiger partial charge is 0.480 e. The van der Waals surface area contributed by atoms with Crippen molar-refractivity contribution in [1.82, 2.24) is 9.97 Å². The predicted octanol–water partition coefficient (Wildman–Crippen LogP) is 2.26. The lowest BCUT2D eigenvalue weighted by Crippen LogP contribution is -2.13. The summed E-state index contributed by atoms with van der Waals surface area (Å²) in [6.45, 7) is 3.64. The molecule has 2 aromatic rings. The van der Waals surface area contributed by atoms with Gasteiger partial charge in [-0.1, -0.05) is 29.8 Å². The molecule has 0 aliphatic carbocycles. The minimum absolute atomic E-state index is 0.163. The van der Waals surface area contributed by atoms with Gasteiger partial charge in [-0.05, 0) is 13.8 Å². The summed E-state index contributed by atoms with van der Waals surface area (Å²) in [7, 11) is 0. The lowest BCUT2D eigenvalue weighted by molar-refractivity contribution is -0.134. The summed E-state index contributed by atoms with van der Waals surface area (Å²) in [6, 6.07) is 9.74. The molecule has 1 aromatic heterocycles. The number of aromatic nitrogens is 2. The lowest BCUT2D eigenvalue weighted by Gasteiger charge is -2.07. The Hall–Kier alpha value is -2.43. The molecular formula is C14H15N3O2. The van der Waals surface area contributed by atoms with Crippen molar-refractivity contribution in [2.45, 2.75) is 13.8 Å². The third-order valence-electron chi connectivity index (χ3n) is 2.61. The number of nitrogens with zero attached hydrogens (tertiary/aromatic N) is 2. The van der Waals surface area contributed by atoms with Gasteiger partial charge in [-0.2, -0.15) is 0 Å². The third-order valence-corrected chi connectivity index (χ3v) is 2.61. The highest BCUT2D eigenvalue weighted by atomic mass is 16.4. The molecule has 0 fully saturated rings. The molecule has 98 valence electrons. The van der Waals surface area contributed by atoms with Gasteiger partial charge in [0, 0.05) is 11.6 Å². The number of hydrogen-bond acceptors (Lipinski definition) is 4. The minimum atomic E-state index is -0.923. The smallest absolute Gasteiger partial charge is 0.322 e. The van der Waals surface area contributed by atoms with E-state index in [1.165, 1.54) is 5.56 Å². The van der Waals surface area contributed by atoms with E-state index in [4.69, 9.17) is 5.11 Å². The summed E-state index contributed by atoms with van der Waals surface area (Å²) < 4.78 is 0. The highest BCUT2D eigenvalue weighted by Crippen LogP contribution is 2.20. The van der Waals surface area contributed by atoms with Gasteiger partial charge < -0.3 is 10.4 Å². The number of hydrogen-bond donors (Lipinski definition) is 2. The van der Waals surface area contributed by atoms with Crippen molar-refractivity contribution in [2.24, 2.45) is 0 Å². The van der Waals surface area contributed by atoms with E-state index in [1.807, 2.05) is 31.2 Å². The second-order valence-electron chi connectivity index (χ2n) is 4.30. The summed E-state index contributed by atoms with van der Waals surface area (Å²) in [5.41, 5.74) is 2.94. The van der Waals surface area contributed by atoms with Crippen molar-refractivity contribution in [1.29, 1.82) is 0 Å². The van der Waals surface area contributed by atoms with Crippen molar-refractivity contribution in [3.8, 4) is 11.3 Å². The Morgan fingerprint density at radius 1 is 1.21 bits per heavy atom. The van der Waals surface area contributed by atoms with Crippen LogP contribution in [0.4, 0.5) is 5.82 Å². The maximum atomic E-state index is 10.5. The standard InChI is InChI=1S/C14H15N3O2/c1-9-3-5-11(6-4-9)12-7-13(15-8-14(18)19)17-10(2)16-12/h3-7H,8H2,1-2H3,(H,18,19)(H,15,16,17). The first-order chi connectivity index (χ1) is 9.04. The molecule has 2 N–H and O–H groups in total. The first kappa shape index (κ1) is 13.0. The summed E-state index contributed by atoms with van der Waals surface area (Å²) in [4.78, 5) is 19.1. The van der Waals surface area contributed by atoms with E-state index in [9.17, 15) is 4.79 Å². The van der Waals surface area contributed by atoms with Crippen LogP contribution < -0.4 is 5.32 Å². The fourth-order valence-electron chi connectivity index (χ4n) is 1.70. The second-order valence-corrected chi connectivity index (χ2v) is 4.30. The van der Waals surface area contributed by atoms with Crippen molar-refractivity contribution in [3.63, 3.8) is 0 Å². The van der Waals surface area contributed by atoms with Crippen LogP contribution in [-0.4, -0.2) is 27.6 Å². The normalized spacial score (nSPS) is 10.2. The maximum Gasteiger partial charge on any atom is 0.322 e. The topological polar surface area (TPSA) is 75.1 Å². The molecule has 0 aliphatic rings. The van der Waals surface area contributed by atoms with Crippen molar-refractivity contribution in [2.75, 3.05) is 11.9 Å². The molecule has 0 atom stereocenters. The Kier molecular flexibility index (Phi) is 3.75. The molecule has 0 amide bonds. The average molecular weight is 257 g/mol. The van der Waals surface area contributed by atoms with E-state index in [0.29, 0.717) is 11.6 Å². The van der Waals surface area contributed by atoms with Gasteiger partial charge in [0.25, 0.3) is 0 Å². The second kappa shape index (κ2) is 5.48. The zero-order valence-corrected chi connectivity index (χ0v) is 10.8. The van der Waals surface area contributed by atoms with Crippen molar-refractivity contribution >= 4 is 11.8 Å². The zero-order valence-electron chi connectivity index (χ0n) is 10.8. The molecular weight excluding hydrogens is 242 g/mol. The number of carboxylic acid groups (broad SMARTS) is 1. The van der Waals surface area contributed by atoms with E-state index in [1.54, 1.807) is 13.0 Å². The van der Waals surface area contributed by atoms with E-state index in [-0.39, 0.29) is 6.54 Å². The molecule has 5 heteroatoms. The van der Waals surface area contributed by atoms with E-state index >= 15 is 0 Å². The summed E-state index contributed by atoms with van der Waals surface area (Å²) in [5, 5.41) is 11.4. The number of carbonyl (C=O) groups is 1. The van der Waals surface area contributed by atoms with Crippen LogP contribution >= 0.6 is 0 Å². The van der Waals surface area contributed by atoms with Crippen LogP contribution in [0.2, 0.25) is 0 Å². The monoisotopic (exact) mass is 257 g/mol. The quantitative estimate of drug-likeness (QED) is 0.878. The van der Waals surface area contributed by atoms with E-state index in [0.717, 1.165) is 11.3 Å². The van der Waals surface area contributed by atoms with Crippen LogP contribution in [0.1, 0.15) is 11.4 Å². The molecule has 0 unspecified atom stereocenters. The number of aryl methyl sites for hydroxylation is 2. The van der Waals surface area contributed by atoms with Crippen LogP contribution in [0.25, 0.3) is 11.3 Å². The van der Waals surface area contributed by atoms with Gasteiger partial charge in [-0.15, -0.1) is 0 Å². The van der Waals surface area contributed by atoms with Gasteiger partial charge in [-0.25, -0.2) is 9.97 Å². The molecule has 0 radical (unpaired) electrons. The SMILES string of the molecule is Cc1ccc(-c2cc(NCC(=O)O)nc(C)n2)cc1. The van der Waals surface area contributed by atoms with Crippen LogP contribution in [0.5, 0.6) is 0 Å². The highest BCUT2D eigenvalue weighted by molar-refractivity contribution is 5.73. The molecule has 2 rings (SSSR count). The first-order valence-corrected chi connectivity index (χ1v) is 5.93. The molecule has 1 aromatic carbocycles. The molecule has 19 heavy (non-hydrogen) atoms. The minimum Gasteiger partial charge on any atom is -0.480 e. The summed E-state index contributed by atoms with van der Waals surface area (Å²) in [5.74, 6) is 0.199. The Balaban J connectivity index is 2.30. The molecule has 1 heterocycles. The lowest BCUT2D eigenvalue weighted by atomic mass is 10.1. The summed E-state index contributed by atoms with van der Waals surface area (Å²) in [6.07, 6.45) is 0. The maximum absolute atomic E-state index is 10.5. The van der Waals surface area contributed by atoms with Crippen molar-refractivity contribution < 1.29 is 9.90 Å². The van der Waals surface area contributed by atoms with Crippen LogP contribution in [0.15, 0.2) is 30.3 Å². The zero-order chi connectivity index (χ0) is 13.8. The molecule has 0 saturated heterocycles. The highest BCUT2D eigenvalue weighted by Gasteiger charge is 2.05. The number of rotatable bonds is 4. The van der Waals surface area contributed by atoms with Gasteiger partial charge in [0.2, 0.25) is 0 Å². The van der Waals surface area contributed by atoms with Gasteiger partial charge >= 0.3 is 5.97 Å². The fourth-order valence-corrected chi connectivity index (χ4v) is 1.70. The number of anilines is 1.